The molecule has 41 heteroatoms. The molecule has 92 heavy (non-hydrogen) atoms. The van der Waals surface area contributed by atoms with Crippen molar-refractivity contribution < 1.29 is 188 Å². The number of carbonyl (C=O) groups is 4. The van der Waals surface area contributed by atoms with E-state index >= 15 is 0 Å². The molecule has 534 valence electrons. The van der Waals surface area contributed by atoms with E-state index in [0.29, 0.717) is 0 Å². The molecule has 6 rings (SSSR count). The van der Waals surface area contributed by atoms with Gasteiger partial charge in [-0.1, -0.05) is 0 Å². The number of carboxylic acids is 1. The second kappa shape index (κ2) is 33.7. The largest absolute Gasteiger partial charge is 0.477 e. The fraction of sp³-hybridized carbons (Fsp3) is 0.922. The average Bonchev–Trinajstić information content (AvgIpc) is 0.756. The Morgan fingerprint density at radius 1 is 0.489 bits per heavy atom. The number of carboxylic acid groups (broad SMARTS) is 1. The van der Waals surface area contributed by atoms with E-state index in [1.165, 1.54) is 6.92 Å². The van der Waals surface area contributed by atoms with E-state index < -0.39 is 290 Å². The summed E-state index contributed by atoms with van der Waals surface area (Å²) in [6.45, 7) is -4.22. The summed E-state index contributed by atoms with van der Waals surface area (Å²) >= 11 is 0. The zero-order chi connectivity index (χ0) is 68.7. The van der Waals surface area contributed by atoms with Gasteiger partial charge >= 0.3 is 5.97 Å². The first-order chi connectivity index (χ1) is 43.3. The van der Waals surface area contributed by atoms with Crippen LogP contribution in [0, 0.1) is 0 Å². The third-order valence-corrected chi connectivity index (χ3v) is 16.3. The lowest BCUT2D eigenvalue weighted by Crippen LogP contribution is -2.72. The molecule has 0 aliphatic carbocycles. The first-order valence-corrected chi connectivity index (χ1v) is 29.0. The monoisotopic (exact) mass is 1350 g/mol. The van der Waals surface area contributed by atoms with Gasteiger partial charge in [-0.3, -0.25) is 14.4 Å². The van der Waals surface area contributed by atoms with E-state index in [1.807, 2.05) is 0 Å². The molecule has 0 saturated carbocycles. The number of hydrogen-bond donors (Lipinski definition) is 25. The van der Waals surface area contributed by atoms with Gasteiger partial charge < -0.3 is 185 Å². The number of ether oxygens (including phenoxy) is 12. The fourth-order valence-corrected chi connectivity index (χ4v) is 11.4. The summed E-state index contributed by atoms with van der Waals surface area (Å²) in [5.74, 6) is -8.44. The van der Waals surface area contributed by atoms with Crippen LogP contribution < -0.4 is 16.0 Å². The summed E-state index contributed by atoms with van der Waals surface area (Å²) in [5, 5.41) is 247. The normalized spacial score (nSPS) is 44.0. The highest BCUT2D eigenvalue weighted by atomic mass is 16.8. The van der Waals surface area contributed by atoms with Gasteiger partial charge in [0, 0.05) is 27.2 Å². The van der Waals surface area contributed by atoms with Crippen LogP contribution in [-0.4, -0.2) is 396 Å². The molecule has 3 amide bonds. The van der Waals surface area contributed by atoms with Crippen LogP contribution in [0.5, 0.6) is 0 Å². The van der Waals surface area contributed by atoms with Crippen LogP contribution in [0.1, 0.15) is 34.1 Å². The molecule has 0 spiro atoms. The molecular formula is C51H87N3O38. The van der Waals surface area contributed by atoms with Crippen molar-refractivity contribution in [2.75, 3.05) is 46.2 Å². The summed E-state index contributed by atoms with van der Waals surface area (Å²) in [6.07, 6.45) is -68.7. The van der Waals surface area contributed by atoms with Crippen molar-refractivity contribution in [3.8, 4) is 0 Å². The Bertz CT molecular complexity index is 2340. The number of nitrogens with one attached hydrogen (secondary N) is 3. The van der Waals surface area contributed by atoms with E-state index in [9.17, 15) is 132 Å². The maximum Gasteiger partial charge on any atom is 0.364 e. The number of aliphatic hydroxyl groups is 21. The third kappa shape index (κ3) is 17.3. The standard InChI is InChI=1S/C51H87N3O38/c1-13-27(68)32(73)34(75)46(81-13)89-42-26(54-16(4)64)45(90-43-31(72)22(10-59)83-48(36(43)77)86-38(28(69)19(66)7-56)17(6-55)52-14(2)62)84-23(11-60)39(42)87-49-37(78)44(40(24(12-61)85-49)88-47-35(76)33(74)30(71)21(9-58)82-47)92-51(50(79)80)5-18(65)25(53-15(3)63)41(91-51)29(70)20(67)8-57/h13,17-49,55-61,65-78H,5-12H2,1-4H3,(H,52,62)(H,53,63)(H,54,64)(H,79,80)/t13-,17-,18-,19+,20+,21+,22+,23+,24+,25+,26+,27+,28-,29+,30-,31-,32+,33-,34-,35+,36+,37+,38+,39+,40-,41+,42+,43-,44+,45-,46-,47-,48-,49-,51-/m0/s1. The highest BCUT2D eigenvalue weighted by Gasteiger charge is 2.63. The van der Waals surface area contributed by atoms with Crippen LogP contribution in [0.15, 0.2) is 0 Å². The average molecular weight is 1350 g/mol. The Morgan fingerprint density at radius 3 is 1.47 bits per heavy atom. The minimum absolute atomic E-state index is 0.829. The molecule has 6 heterocycles. The van der Waals surface area contributed by atoms with Crippen LogP contribution in [0.3, 0.4) is 0 Å². The number of aliphatic carboxylic acids is 1. The molecule has 0 bridgehead atoms. The number of rotatable bonds is 28. The van der Waals surface area contributed by atoms with Crippen molar-refractivity contribution in [1.29, 1.82) is 0 Å². The maximum atomic E-state index is 13.7. The molecule has 6 fully saturated rings. The quantitative estimate of drug-likeness (QED) is 0.0346. The molecule has 0 radical (unpaired) electrons. The van der Waals surface area contributed by atoms with Gasteiger partial charge in [0.1, 0.15) is 153 Å². The summed E-state index contributed by atoms with van der Waals surface area (Å²) in [4.78, 5) is 51.6. The van der Waals surface area contributed by atoms with Crippen molar-refractivity contribution in [1.82, 2.24) is 16.0 Å². The van der Waals surface area contributed by atoms with Crippen LogP contribution in [0.25, 0.3) is 0 Å². The Hall–Kier alpha value is -3.44. The van der Waals surface area contributed by atoms with Gasteiger partial charge in [-0.15, -0.1) is 0 Å². The van der Waals surface area contributed by atoms with Crippen LogP contribution in [-0.2, 0) is 76.0 Å². The van der Waals surface area contributed by atoms with Crippen LogP contribution in [0.2, 0.25) is 0 Å². The summed E-state index contributed by atoms with van der Waals surface area (Å²) in [6, 6.07) is -5.55. The van der Waals surface area contributed by atoms with Crippen molar-refractivity contribution in [2.24, 2.45) is 0 Å². The molecule has 25 N–H and O–H groups in total. The van der Waals surface area contributed by atoms with Gasteiger partial charge in [-0.2, -0.15) is 0 Å². The van der Waals surface area contributed by atoms with Gasteiger partial charge in [0.25, 0.3) is 5.79 Å². The van der Waals surface area contributed by atoms with E-state index in [-0.39, 0.29) is 0 Å². The van der Waals surface area contributed by atoms with Crippen molar-refractivity contribution in [3.05, 3.63) is 0 Å². The minimum atomic E-state index is -3.45. The lowest BCUT2D eigenvalue weighted by atomic mass is 9.88. The van der Waals surface area contributed by atoms with Crippen molar-refractivity contribution >= 4 is 23.7 Å². The van der Waals surface area contributed by atoms with Gasteiger partial charge in [0.05, 0.1) is 70.5 Å². The molecule has 6 aliphatic heterocycles. The molecule has 0 unspecified atom stereocenters. The van der Waals surface area contributed by atoms with Gasteiger partial charge in [0.2, 0.25) is 17.7 Å². The Labute approximate surface area is 521 Å². The van der Waals surface area contributed by atoms with Gasteiger partial charge in [0.15, 0.2) is 31.5 Å². The maximum absolute atomic E-state index is 13.7. The molecule has 0 aromatic heterocycles. The molecule has 41 nitrogen and oxygen atoms in total. The van der Waals surface area contributed by atoms with Gasteiger partial charge in [-0.05, 0) is 6.92 Å². The number of amides is 3. The first kappa shape index (κ1) is 77.6. The second-order valence-electron chi connectivity index (χ2n) is 22.9. The highest BCUT2D eigenvalue weighted by Crippen LogP contribution is 2.42. The Morgan fingerprint density at radius 2 is 0.946 bits per heavy atom. The molecule has 6 aliphatic rings. The van der Waals surface area contributed by atoms with Crippen LogP contribution >= 0.6 is 0 Å². The fourth-order valence-electron chi connectivity index (χ4n) is 11.4. The van der Waals surface area contributed by atoms with E-state index in [0.717, 1.165) is 20.8 Å². The smallest absolute Gasteiger partial charge is 0.364 e. The molecular weight excluding hydrogens is 1260 g/mol. The number of carbonyl (C=O) groups excluding carboxylic acids is 3. The first-order valence-electron chi connectivity index (χ1n) is 29.0. The lowest BCUT2D eigenvalue weighted by molar-refractivity contribution is -0.409. The van der Waals surface area contributed by atoms with E-state index in [4.69, 9.17) is 56.8 Å². The Balaban J connectivity index is 1.47. The Kier molecular flexibility index (Phi) is 28.4. The van der Waals surface area contributed by atoms with Crippen molar-refractivity contribution in [3.63, 3.8) is 0 Å². The summed E-state index contributed by atoms with van der Waals surface area (Å²) < 4.78 is 71.3. The number of hydrogen-bond acceptors (Lipinski definition) is 37. The zero-order valence-electron chi connectivity index (χ0n) is 49.7. The predicted molar refractivity (Wildman–Crippen MR) is 285 cm³/mol. The molecule has 0 aromatic rings. The van der Waals surface area contributed by atoms with E-state index in [1.54, 1.807) is 0 Å². The second-order valence-corrected chi connectivity index (χ2v) is 22.9. The molecule has 6 saturated heterocycles. The topological polar surface area (TPSA) is 660 Å². The van der Waals surface area contributed by atoms with Crippen molar-refractivity contribution in [2.45, 2.75) is 248 Å². The highest BCUT2D eigenvalue weighted by molar-refractivity contribution is 5.77. The van der Waals surface area contributed by atoms with Gasteiger partial charge in [-0.25, -0.2) is 4.79 Å². The van der Waals surface area contributed by atoms with Crippen LogP contribution in [0.4, 0.5) is 0 Å². The zero-order valence-corrected chi connectivity index (χ0v) is 49.7. The minimum Gasteiger partial charge on any atom is -0.477 e. The SMILES string of the molecule is CC(=O)N[C@H]1[C@H](O[C@H]2[C@@H](O)[C@@H](CO)O[C@@H](O[C@@H]([C@@H](O)[C@H](O)CO)[C@H](CO)NC(C)=O)[C@@H]2O)O[C@H](CO)[C@@H](O[C@@H]2O[C@H](CO)[C@H](O[C@@H]3O[C@H](CO)[C@H](O)[C@H](O)[C@H]3O)[C@H](O[C@]3(C(=O)O)C[C@H](O)[C@@H](NC(C)=O)[C@H]([C@H](O)[C@H](O)CO)O3)[C@H]2O)[C@@H]1O[C@@H]1O[C@@H](C)[C@@H](O)[C@@H](O)[C@@H]1O. The third-order valence-electron chi connectivity index (χ3n) is 16.3. The predicted octanol–water partition coefficient (Wildman–Crippen LogP) is -16.0. The summed E-state index contributed by atoms with van der Waals surface area (Å²) in [5.41, 5.74) is 0. The van der Waals surface area contributed by atoms with E-state index in [2.05, 4.69) is 16.0 Å². The lowest BCUT2D eigenvalue weighted by Gasteiger charge is -2.53. The summed E-state index contributed by atoms with van der Waals surface area (Å²) in [7, 11) is 0. The molecule has 0 aromatic carbocycles. The number of aliphatic hydroxyl groups excluding tert-OH is 21. The molecule has 35 atom stereocenters.